The minimum atomic E-state index is -0.296. The Balaban J connectivity index is 2.26. The molecule has 1 N–H and O–H groups in total. The topological polar surface area (TPSA) is 55.4 Å². The largest absolute Gasteiger partial charge is 0.469 e. The van der Waals surface area contributed by atoms with Gasteiger partial charge in [-0.3, -0.25) is 9.59 Å². The molecule has 1 amide bonds. The van der Waals surface area contributed by atoms with Gasteiger partial charge in [-0.15, -0.1) is 11.8 Å². The number of hydrogen-bond acceptors (Lipinski definition) is 4. The van der Waals surface area contributed by atoms with Crippen LogP contribution in [-0.4, -0.2) is 36.0 Å². The summed E-state index contributed by atoms with van der Waals surface area (Å²) in [7, 11) is 1.35. The van der Waals surface area contributed by atoms with Gasteiger partial charge < -0.3 is 10.1 Å². The Kier molecular flexibility index (Phi) is 4.45. The Morgan fingerprint density at radius 2 is 2.27 bits per heavy atom. The summed E-state index contributed by atoms with van der Waals surface area (Å²) >= 11 is 1.69. The van der Waals surface area contributed by atoms with Crippen LogP contribution in [0.5, 0.6) is 0 Å². The molecule has 1 unspecified atom stereocenters. The van der Waals surface area contributed by atoms with Crippen molar-refractivity contribution in [3.05, 3.63) is 0 Å². The van der Waals surface area contributed by atoms with Crippen LogP contribution in [0.4, 0.5) is 0 Å². The predicted molar refractivity (Wildman–Crippen MR) is 59.7 cm³/mol. The molecule has 0 bridgehead atoms. The van der Waals surface area contributed by atoms with Gasteiger partial charge in [0.25, 0.3) is 0 Å². The van der Waals surface area contributed by atoms with E-state index < -0.39 is 0 Å². The molecule has 0 radical (unpaired) electrons. The van der Waals surface area contributed by atoms with Crippen molar-refractivity contribution in [1.29, 1.82) is 0 Å². The highest BCUT2D eigenvalue weighted by Gasteiger charge is 2.36. The molecular formula is C10H17NO3S. The number of carbonyl (C=O) groups excluding carboxylic acids is 2. The van der Waals surface area contributed by atoms with Gasteiger partial charge >= 0.3 is 5.97 Å². The molecule has 1 atom stereocenters. The Morgan fingerprint density at radius 1 is 1.53 bits per heavy atom. The first-order valence-corrected chi connectivity index (χ1v) is 6.06. The zero-order valence-electron chi connectivity index (χ0n) is 9.17. The third kappa shape index (κ3) is 3.41. The number of amides is 1. The molecule has 4 nitrogen and oxygen atoms in total. The molecule has 15 heavy (non-hydrogen) atoms. The first-order chi connectivity index (χ1) is 7.08. The van der Waals surface area contributed by atoms with E-state index in [1.54, 1.807) is 11.8 Å². The summed E-state index contributed by atoms with van der Waals surface area (Å²) in [5.74, 6) is 0.786. The van der Waals surface area contributed by atoms with E-state index in [0.29, 0.717) is 6.54 Å². The summed E-state index contributed by atoms with van der Waals surface area (Å²) in [5, 5.41) is 2.77. The summed E-state index contributed by atoms with van der Waals surface area (Å²) < 4.78 is 4.19. The number of thioether (sulfide) groups is 1. The molecule has 0 aromatic heterocycles. The van der Waals surface area contributed by atoms with Crippen molar-refractivity contribution in [2.75, 3.05) is 19.4 Å². The van der Waals surface area contributed by atoms with Crippen molar-refractivity contribution in [3.63, 3.8) is 0 Å². The Labute approximate surface area is 94.1 Å². The molecule has 0 spiro atoms. The van der Waals surface area contributed by atoms with Gasteiger partial charge in [-0.1, -0.05) is 0 Å². The van der Waals surface area contributed by atoms with E-state index in [9.17, 15) is 9.59 Å². The monoisotopic (exact) mass is 231 g/mol. The average molecular weight is 231 g/mol. The van der Waals surface area contributed by atoms with Gasteiger partial charge in [0, 0.05) is 6.54 Å². The molecular weight excluding hydrogens is 214 g/mol. The van der Waals surface area contributed by atoms with Crippen molar-refractivity contribution in [3.8, 4) is 0 Å². The van der Waals surface area contributed by atoms with Crippen LogP contribution >= 0.6 is 11.8 Å². The normalized spacial score (nSPS) is 24.9. The van der Waals surface area contributed by atoms with E-state index in [1.165, 1.54) is 7.11 Å². The lowest BCUT2D eigenvalue weighted by Crippen LogP contribution is -2.41. The van der Waals surface area contributed by atoms with E-state index in [-0.39, 0.29) is 23.0 Å². The summed E-state index contributed by atoms with van der Waals surface area (Å²) in [5.41, 5.74) is 0. The number of nitrogens with one attached hydrogen (secondary N) is 1. The molecule has 1 rings (SSSR count). The third-order valence-corrected chi connectivity index (χ3v) is 4.06. The Hall–Kier alpha value is -0.710. The lowest BCUT2D eigenvalue weighted by atomic mass is 10.1. The Morgan fingerprint density at radius 3 is 2.80 bits per heavy atom. The number of rotatable bonds is 4. The maximum atomic E-state index is 11.8. The minimum absolute atomic E-state index is 0.0360. The number of methoxy groups -OCH3 is 1. The van der Waals surface area contributed by atoms with Gasteiger partial charge in [0.1, 0.15) is 0 Å². The second-order valence-electron chi connectivity index (χ2n) is 3.76. The maximum Gasteiger partial charge on any atom is 0.307 e. The van der Waals surface area contributed by atoms with Crippen LogP contribution in [0.3, 0.4) is 0 Å². The maximum absolute atomic E-state index is 11.8. The van der Waals surface area contributed by atoms with Crippen LogP contribution in [0.15, 0.2) is 0 Å². The van der Waals surface area contributed by atoms with Crippen molar-refractivity contribution in [2.45, 2.75) is 30.9 Å². The predicted octanol–water partition coefficient (Wildman–Crippen LogP) is 0.951. The summed E-state index contributed by atoms with van der Waals surface area (Å²) in [6.45, 7) is 2.32. The molecule has 5 heteroatoms. The highest BCUT2D eigenvalue weighted by molar-refractivity contribution is 8.01. The summed E-state index contributed by atoms with van der Waals surface area (Å²) in [4.78, 5) is 22.6. The van der Waals surface area contributed by atoms with Crippen LogP contribution in [0.1, 0.15) is 26.2 Å². The molecule has 0 aliphatic carbocycles. The Bertz CT molecular complexity index is 249. The van der Waals surface area contributed by atoms with Crippen LogP contribution in [0.25, 0.3) is 0 Å². The van der Waals surface area contributed by atoms with Crippen molar-refractivity contribution >= 4 is 23.6 Å². The fourth-order valence-electron chi connectivity index (χ4n) is 1.53. The molecule has 1 fully saturated rings. The van der Waals surface area contributed by atoms with Gasteiger partial charge in [-0.2, -0.15) is 0 Å². The van der Waals surface area contributed by atoms with E-state index in [4.69, 9.17) is 0 Å². The van der Waals surface area contributed by atoms with Gasteiger partial charge in [-0.25, -0.2) is 0 Å². The zero-order chi connectivity index (χ0) is 11.3. The quantitative estimate of drug-likeness (QED) is 0.732. The average Bonchev–Trinajstić information content (AvgIpc) is 2.66. The fourth-order valence-corrected chi connectivity index (χ4v) is 2.76. The minimum Gasteiger partial charge on any atom is -0.469 e. The highest BCUT2D eigenvalue weighted by Crippen LogP contribution is 2.37. The van der Waals surface area contributed by atoms with Gasteiger partial charge in [0.15, 0.2) is 0 Å². The van der Waals surface area contributed by atoms with Gasteiger partial charge in [0.05, 0.1) is 18.3 Å². The number of esters is 1. The molecule has 0 saturated carbocycles. The third-order valence-electron chi connectivity index (χ3n) is 2.54. The van der Waals surface area contributed by atoms with Gasteiger partial charge in [0.2, 0.25) is 5.91 Å². The molecule has 0 aromatic carbocycles. The summed E-state index contributed by atoms with van der Waals surface area (Å²) in [6.07, 6.45) is 2.25. The van der Waals surface area contributed by atoms with E-state index >= 15 is 0 Å². The molecule has 86 valence electrons. The molecule has 1 heterocycles. The fraction of sp³-hybridized carbons (Fsp3) is 0.800. The SMILES string of the molecule is COC(=O)CCNC(=O)C1(C)CCCS1. The van der Waals surface area contributed by atoms with E-state index in [0.717, 1.165) is 18.6 Å². The van der Waals surface area contributed by atoms with Crippen molar-refractivity contribution in [2.24, 2.45) is 0 Å². The standard InChI is InChI=1S/C10H17NO3S/c1-10(5-3-7-15-10)9(13)11-6-4-8(12)14-2/h3-7H2,1-2H3,(H,11,13). The van der Waals surface area contributed by atoms with Crippen LogP contribution in [-0.2, 0) is 14.3 Å². The van der Waals surface area contributed by atoms with Crippen LogP contribution in [0.2, 0.25) is 0 Å². The van der Waals surface area contributed by atoms with E-state index in [2.05, 4.69) is 10.1 Å². The smallest absolute Gasteiger partial charge is 0.307 e. The first-order valence-electron chi connectivity index (χ1n) is 5.07. The molecule has 1 aliphatic rings. The van der Waals surface area contributed by atoms with Crippen LogP contribution < -0.4 is 5.32 Å². The zero-order valence-corrected chi connectivity index (χ0v) is 9.99. The highest BCUT2D eigenvalue weighted by atomic mass is 32.2. The second kappa shape index (κ2) is 5.39. The number of hydrogen-bond donors (Lipinski definition) is 1. The molecule has 1 saturated heterocycles. The molecule has 0 aromatic rings. The lowest BCUT2D eigenvalue weighted by Gasteiger charge is -2.21. The van der Waals surface area contributed by atoms with Crippen molar-refractivity contribution < 1.29 is 14.3 Å². The molecule has 1 aliphatic heterocycles. The first kappa shape index (κ1) is 12.4. The summed E-state index contributed by atoms with van der Waals surface area (Å²) in [6, 6.07) is 0. The number of carbonyl (C=O) groups is 2. The second-order valence-corrected chi connectivity index (χ2v) is 5.36. The van der Waals surface area contributed by atoms with Gasteiger partial charge in [-0.05, 0) is 25.5 Å². The lowest BCUT2D eigenvalue weighted by molar-refractivity contribution is -0.140. The van der Waals surface area contributed by atoms with E-state index in [1.807, 2.05) is 6.92 Å². The van der Waals surface area contributed by atoms with Crippen LogP contribution in [0, 0.1) is 0 Å². The number of ether oxygens (including phenoxy) is 1. The van der Waals surface area contributed by atoms with Crippen molar-refractivity contribution in [1.82, 2.24) is 5.32 Å².